The summed E-state index contributed by atoms with van der Waals surface area (Å²) in [6.07, 6.45) is 0. The highest BCUT2D eigenvalue weighted by Gasteiger charge is 2.18. The van der Waals surface area contributed by atoms with Crippen molar-refractivity contribution < 1.29 is 27.8 Å². The monoisotopic (exact) mass is 476 g/mol. The molecule has 1 heterocycles. The number of rotatable bonds is 8. The van der Waals surface area contributed by atoms with Crippen molar-refractivity contribution in [3.05, 3.63) is 96.1 Å². The highest BCUT2D eigenvalue weighted by Crippen LogP contribution is 2.27. The maximum atomic E-state index is 12.9. The number of carbonyl (C=O) groups is 2. The molecule has 0 fully saturated rings. The van der Waals surface area contributed by atoms with Gasteiger partial charge in [-0.15, -0.1) is 0 Å². The van der Waals surface area contributed by atoms with Gasteiger partial charge in [0.25, 0.3) is 5.91 Å². The molecule has 3 aromatic carbocycles. The molecule has 1 atom stereocenters. The summed E-state index contributed by atoms with van der Waals surface area (Å²) in [5.41, 5.74) is 2.76. The molecule has 1 N–H and O–H groups in total. The first-order valence-electron chi connectivity index (χ1n) is 10.9. The quantitative estimate of drug-likeness (QED) is 0.338. The van der Waals surface area contributed by atoms with Crippen molar-refractivity contribution in [2.75, 3.05) is 6.61 Å². The highest BCUT2D eigenvalue weighted by atomic mass is 19.3. The Labute approximate surface area is 200 Å². The molecule has 4 rings (SSSR count). The lowest BCUT2D eigenvalue weighted by Gasteiger charge is -2.15. The predicted molar refractivity (Wildman–Crippen MR) is 127 cm³/mol. The van der Waals surface area contributed by atoms with Crippen LogP contribution in [0.2, 0.25) is 0 Å². The van der Waals surface area contributed by atoms with Crippen LogP contribution in [-0.2, 0) is 9.53 Å². The van der Waals surface area contributed by atoms with Crippen LogP contribution in [0.3, 0.4) is 0 Å². The van der Waals surface area contributed by atoms with Gasteiger partial charge in [-0.2, -0.15) is 8.78 Å². The molecule has 0 aliphatic carbocycles. The molecule has 6 nitrogen and oxygen atoms in total. The van der Waals surface area contributed by atoms with Crippen LogP contribution in [0.5, 0.6) is 5.75 Å². The fourth-order valence-corrected chi connectivity index (χ4v) is 3.62. The average molecular weight is 476 g/mol. The number of esters is 1. The van der Waals surface area contributed by atoms with Crippen molar-refractivity contribution in [3.8, 4) is 17.0 Å². The van der Waals surface area contributed by atoms with E-state index in [0.717, 1.165) is 5.56 Å². The number of ether oxygens (including phenoxy) is 2. The molecule has 0 bridgehead atoms. The highest BCUT2D eigenvalue weighted by molar-refractivity contribution is 6.05. The number of nitrogens with zero attached hydrogens (tertiary/aromatic N) is 1. The van der Waals surface area contributed by atoms with Gasteiger partial charge in [0.05, 0.1) is 22.8 Å². The van der Waals surface area contributed by atoms with Crippen molar-refractivity contribution >= 4 is 22.8 Å². The summed E-state index contributed by atoms with van der Waals surface area (Å²) in [7, 11) is 0. The van der Waals surface area contributed by atoms with Gasteiger partial charge in [-0.25, -0.2) is 9.78 Å². The number of pyridine rings is 1. The van der Waals surface area contributed by atoms with Crippen LogP contribution in [0.25, 0.3) is 22.2 Å². The smallest absolute Gasteiger partial charge is 0.387 e. The van der Waals surface area contributed by atoms with Crippen LogP contribution in [0.4, 0.5) is 8.78 Å². The molecule has 0 unspecified atom stereocenters. The second kappa shape index (κ2) is 10.7. The fourth-order valence-electron chi connectivity index (χ4n) is 3.62. The van der Waals surface area contributed by atoms with Crippen LogP contribution in [0.15, 0.2) is 84.9 Å². The van der Waals surface area contributed by atoms with E-state index in [4.69, 9.17) is 4.74 Å². The Morgan fingerprint density at radius 1 is 0.943 bits per heavy atom. The van der Waals surface area contributed by atoms with E-state index in [9.17, 15) is 18.4 Å². The Kier molecular flexibility index (Phi) is 7.30. The molecule has 0 saturated carbocycles. The largest absolute Gasteiger partial charge is 0.452 e. The summed E-state index contributed by atoms with van der Waals surface area (Å²) in [5.74, 6) is -1.09. The summed E-state index contributed by atoms with van der Waals surface area (Å²) in [5, 5.41) is 3.37. The topological polar surface area (TPSA) is 77.5 Å². The first-order chi connectivity index (χ1) is 16.9. The maximum absolute atomic E-state index is 12.9. The van der Waals surface area contributed by atoms with Crippen LogP contribution < -0.4 is 10.1 Å². The summed E-state index contributed by atoms with van der Waals surface area (Å²) >= 11 is 0. The number of carbonyl (C=O) groups excluding carboxylic acids is 2. The molecule has 8 heteroatoms. The number of halogens is 2. The van der Waals surface area contributed by atoms with E-state index in [1.807, 2.05) is 37.3 Å². The third kappa shape index (κ3) is 5.97. The number of para-hydroxylation sites is 1. The molecule has 0 radical (unpaired) electrons. The van der Waals surface area contributed by atoms with Gasteiger partial charge >= 0.3 is 12.6 Å². The molecule has 1 amide bonds. The minimum Gasteiger partial charge on any atom is -0.452 e. The third-order valence-electron chi connectivity index (χ3n) is 5.32. The Bertz CT molecular complexity index is 1330. The number of nitrogens with one attached hydrogen (secondary N) is 1. The van der Waals surface area contributed by atoms with Crippen LogP contribution >= 0.6 is 0 Å². The van der Waals surface area contributed by atoms with Gasteiger partial charge in [0.15, 0.2) is 6.61 Å². The predicted octanol–water partition coefficient (Wildman–Crippen LogP) is 5.54. The second-order valence-corrected chi connectivity index (χ2v) is 7.75. The molecular weight excluding hydrogens is 454 g/mol. The van der Waals surface area contributed by atoms with Gasteiger partial charge in [-0.1, -0.05) is 48.5 Å². The average Bonchev–Trinajstić information content (AvgIpc) is 2.87. The fraction of sp³-hybridized carbons (Fsp3) is 0.148. The van der Waals surface area contributed by atoms with E-state index >= 15 is 0 Å². The van der Waals surface area contributed by atoms with Crippen molar-refractivity contribution in [1.82, 2.24) is 10.3 Å². The molecule has 35 heavy (non-hydrogen) atoms. The third-order valence-corrected chi connectivity index (χ3v) is 5.32. The number of aromatic nitrogens is 1. The second-order valence-electron chi connectivity index (χ2n) is 7.75. The van der Waals surface area contributed by atoms with Crippen LogP contribution in [0.1, 0.15) is 28.9 Å². The normalized spacial score (nSPS) is 11.8. The number of hydrogen-bond acceptors (Lipinski definition) is 5. The van der Waals surface area contributed by atoms with Crippen molar-refractivity contribution in [2.45, 2.75) is 19.6 Å². The van der Waals surface area contributed by atoms with Crippen molar-refractivity contribution in [1.29, 1.82) is 0 Å². The Morgan fingerprint density at radius 3 is 2.34 bits per heavy atom. The number of amides is 1. The maximum Gasteiger partial charge on any atom is 0.387 e. The summed E-state index contributed by atoms with van der Waals surface area (Å²) in [6.45, 7) is -1.52. The van der Waals surface area contributed by atoms with Crippen LogP contribution in [-0.4, -0.2) is 30.1 Å². The Hall–Kier alpha value is -4.33. The first kappa shape index (κ1) is 23.8. The summed E-state index contributed by atoms with van der Waals surface area (Å²) < 4.78 is 34.6. The number of fused-ring (bicyclic) bond motifs is 1. The summed E-state index contributed by atoms with van der Waals surface area (Å²) in [4.78, 5) is 29.9. The van der Waals surface area contributed by atoms with Gasteiger partial charge in [0.2, 0.25) is 0 Å². The first-order valence-corrected chi connectivity index (χ1v) is 10.9. The van der Waals surface area contributed by atoms with Crippen molar-refractivity contribution in [3.63, 3.8) is 0 Å². The SMILES string of the molecule is C[C@@H](NC(=O)COC(=O)c1cc(-c2ccc(OC(F)F)cc2)nc2ccccc12)c1ccccc1. The van der Waals surface area contributed by atoms with Gasteiger partial charge in [-0.3, -0.25) is 4.79 Å². The lowest BCUT2D eigenvalue weighted by molar-refractivity contribution is -0.124. The Morgan fingerprint density at radius 2 is 1.63 bits per heavy atom. The van der Waals surface area contributed by atoms with Gasteiger partial charge in [0, 0.05) is 10.9 Å². The number of alkyl halides is 2. The van der Waals surface area contributed by atoms with Gasteiger partial charge in [0.1, 0.15) is 5.75 Å². The zero-order chi connectivity index (χ0) is 24.8. The molecule has 1 aromatic heterocycles. The van der Waals surface area contributed by atoms with E-state index < -0.39 is 25.1 Å². The van der Waals surface area contributed by atoms with E-state index in [1.165, 1.54) is 12.1 Å². The molecule has 0 spiro atoms. The summed E-state index contributed by atoms with van der Waals surface area (Å²) in [6, 6.07) is 23.7. The van der Waals surface area contributed by atoms with Crippen LogP contribution in [0, 0.1) is 0 Å². The molecular formula is C27H22F2N2O4. The molecule has 0 aliphatic heterocycles. The molecule has 4 aromatic rings. The number of benzene rings is 3. The minimum atomic E-state index is -2.92. The van der Waals surface area contributed by atoms with Crippen molar-refractivity contribution in [2.24, 2.45) is 0 Å². The van der Waals surface area contributed by atoms with Gasteiger partial charge in [-0.05, 0) is 48.9 Å². The lowest BCUT2D eigenvalue weighted by Crippen LogP contribution is -2.31. The van der Waals surface area contributed by atoms with E-state index in [1.54, 1.807) is 42.5 Å². The van der Waals surface area contributed by atoms with E-state index in [0.29, 0.717) is 22.2 Å². The molecule has 0 saturated heterocycles. The Balaban J connectivity index is 1.51. The lowest BCUT2D eigenvalue weighted by atomic mass is 10.0. The molecule has 178 valence electrons. The van der Waals surface area contributed by atoms with E-state index in [-0.39, 0.29) is 17.4 Å². The van der Waals surface area contributed by atoms with E-state index in [2.05, 4.69) is 15.0 Å². The molecule has 0 aliphatic rings. The van der Waals surface area contributed by atoms with Gasteiger partial charge < -0.3 is 14.8 Å². The zero-order valence-corrected chi connectivity index (χ0v) is 18.8. The standard InChI is InChI=1S/C27H22F2N2O4/c1-17(18-7-3-2-4-8-18)30-25(32)16-34-26(33)22-15-24(31-23-10-6-5-9-21(22)23)19-11-13-20(14-12-19)35-27(28)29/h2-15,17,27H,16H2,1H3,(H,30,32)/t17-/m1/s1. The number of hydrogen-bond donors (Lipinski definition) is 1. The zero-order valence-electron chi connectivity index (χ0n) is 18.8. The minimum absolute atomic E-state index is 0.0138.